The minimum Gasteiger partial charge on any atom is -0.507 e. The summed E-state index contributed by atoms with van der Waals surface area (Å²) in [6.45, 7) is 6.00. The van der Waals surface area contributed by atoms with Crippen molar-refractivity contribution in [1.29, 1.82) is 0 Å². The fourth-order valence-corrected chi connectivity index (χ4v) is 6.08. The lowest BCUT2D eigenvalue weighted by Crippen LogP contribution is -2.66. The number of phenols is 1. The lowest BCUT2D eigenvalue weighted by molar-refractivity contribution is 0.0828. The monoisotopic (exact) mass is 505 g/mol. The van der Waals surface area contributed by atoms with Gasteiger partial charge in [-0.2, -0.15) is 5.10 Å². The number of aromatic nitrogens is 5. The van der Waals surface area contributed by atoms with Gasteiger partial charge in [0, 0.05) is 34.3 Å². The number of nitrogens with zero attached hydrogens (tertiary/aromatic N) is 6. The lowest BCUT2D eigenvalue weighted by atomic mass is 9.82. The second kappa shape index (κ2) is 8.58. The molecule has 0 spiro atoms. The van der Waals surface area contributed by atoms with Crippen LogP contribution < -0.4 is 15.0 Å². The first-order valence-electron chi connectivity index (χ1n) is 12.8. The predicted molar refractivity (Wildman–Crippen MR) is 137 cm³/mol. The number of piperidine rings is 1. The molecule has 3 fully saturated rings. The van der Waals surface area contributed by atoms with Crippen molar-refractivity contribution in [1.82, 2.24) is 30.7 Å². The van der Waals surface area contributed by atoms with Gasteiger partial charge in [0.1, 0.15) is 29.1 Å². The van der Waals surface area contributed by atoms with E-state index in [0.717, 1.165) is 25.7 Å². The average Bonchev–Trinajstić information content (AvgIpc) is 3.68. The number of phenolic OH excluding ortho intramolecular Hbond substituents is 1. The van der Waals surface area contributed by atoms with E-state index in [1.807, 2.05) is 19.9 Å². The Hall–Kier alpha value is -3.40. The van der Waals surface area contributed by atoms with Crippen LogP contribution in [0.3, 0.4) is 0 Å². The van der Waals surface area contributed by atoms with E-state index in [4.69, 9.17) is 4.74 Å². The van der Waals surface area contributed by atoms with Crippen LogP contribution in [0.25, 0.3) is 22.5 Å². The van der Waals surface area contributed by atoms with Gasteiger partial charge in [-0.05, 0) is 65.0 Å². The summed E-state index contributed by atoms with van der Waals surface area (Å²) >= 11 is 0. The van der Waals surface area contributed by atoms with E-state index < -0.39 is 11.7 Å². The number of benzene rings is 1. The highest BCUT2D eigenvalue weighted by Crippen LogP contribution is 2.47. The van der Waals surface area contributed by atoms with Crippen molar-refractivity contribution in [3.63, 3.8) is 0 Å². The van der Waals surface area contributed by atoms with E-state index in [1.54, 1.807) is 31.5 Å². The average molecular weight is 506 g/mol. The molecular weight excluding hydrogens is 473 g/mol. The Morgan fingerprint density at radius 2 is 1.86 bits per heavy atom. The number of hydrogen-bond acceptors (Lipinski definition) is 9. The Balaban J connectivity index is 1.27. The van der Waals surface area contributed by atoms with Gasteiger partial charge in [-0.3, -0.25) is 0 Å². The van der Waals surface area contributed by atoms with E-state index in [2.05, 4.69) is 42.5 Å². The molecule has 1 saturated carbocycles. The zero-order chi connectivity index (χ0) is 25.9. The normalized spacial score (nSPS) is 28.8. The maximum Gasteiger partial charge on any atom is 0.245 e. The van der Waals surface area contributed by atoms with Gasteiger partial charge in [-0.1, -0.05) is 6.07 Å². The summed E-state index contributed by atoms with van der Waals surface area (Å²) in [5.41, 5.74) is 2.30. The fourth-order valence-electron chi connectivity index (χ4n) is 6.08. The number of aromatic hydroxyl groups is 1. The summed E-state index contributed by atoms with van der Waals surface area (Å²) < 4.78 is 21.2. The molecule has 2 aliphatic heterocycles. The first-order chi connectivity index (χ1) is 17.7. The Morgan fingerprint density at radius 3 is 2.54 bits per heavy atom. The molecule has 0 amide bonds. The maximum absolute atomic E-state index is 15.8. The van der Waals surface area contributed by atoms with Gasteiger partial charge in [0.05, 0.1) is 25.0 Å². The van der Waals surface area contributed by atoms with E-state index in [0.29, 0.717) is 46.3 Å². The van der Waals surface area contributed by atoms with Gasteiger partial charge in [0.2, 0.25) is 5.95 Å². The van der Waals surface area contributed by atoms with Crippen LogP contribution in [0.1, 0.15) is 51.6 Å². The molecule has 4 atom stereocenters. The van der Waals surface area contributed by atoms with Crippen LogP contribution in [-0.4, -0.2) is 66.9 Å². The quantitative estimate of drug-likeness (QED) is 0.514. The second-order valence-electron chi connectivity index (χ2n) is 11.2. The first-order valence-corrected chi connectivity index (χ1v) is 12.8. The fraction of sp³-hybridized carbons (Fsp3) is 0.519. The molecule has 1 aromatic carbocycles. The van der Waals surface area contributed by atoms with Crippen LogP contribution in [-0.2, 0) is 0 Å². The summed E-state index contributed by atoms with van der Waals surface area (Å²) in [5, 5.41) is 31.5. The summed E-state index contributed by atoms with van der Waals surface area (Å²) in [6.07, 6.45) is 5.09. The van der Waals surface area contributed by atoms with Gasteiger partial charge in [0.15, 0.2) is 0 Å². The zero-order valence-corrected chi connectivity index (χ0v) is 21.6. The Labute approximate surface area is 215 Å². The molecule has 0 unspecified atom stereocenters. The number of ether oxygens (including phenoxy) is 1. The van der Waals surface area contributed by atoms with E-state index >= 15 is 4.39 Å². The number of alkyl halides is 1. The third kappa shape index (κ3) is 4.17. The van der Waals surface area contributed by atoms with Gasteiger partial charge >= 0.3 is 0 Å². The van der Waals surface area contributed by atoms with Crippen molar-refractivity contribution in [2.24, 2.45) is 0 Å². The third-order valence-corrected chi connectivity index (χ3v) is 8.19. The molecule has 37 heavy (non-hydrogen) atoms. The molecular formula is C27H32FN7O2. The summed E-state index contributed by atoms with van der Waals surface area (Å²) in [7, 11) is 1.58. The van der Waals surface area contributed by atoms with Crippen molar-refractivity contribution in [2.75, 3.05) is 12.0 Å². The van der Waals surface area contributed by atoms with Crippen LogP contribution in [0.15, 0.2) is 30.5 Å². The number of rotatable bonds is 6. The highest BCUT2D eigenvalue weighted by molar-refractivity contribution is 5.73. The second-order valence-corrected chi connectivity index (χ2v) is 11.2. The summed E-state index contributed by atoms with van der Waals surface area (Å²) in [6, 6.07) is 6.93. The Morgan fingerprint density at radius 1 is 1.08 bits per heavy atom. The molecule has 3 aliphatic rings. The highest BCUT2D eigenvalue weighted by Gasteiger charge is 2.58. The zero-order valence-electron chi connectivity index (χ0n) is 21.6. The minimum absolute atomic E-state index is 0.0290. The third-order valence-electron chi connectivity index (χ3n) is 8.19. The van der Waals surface area contributed by atoms with Gasteiger partial charge in [0.25, 0.3) is 0 Å². The van der Waals surface area contributed by atoms with Crippen LogP contribution in [0.4, 0.5) is 10.3 Å². The smallest absolute Gasteiger partial charge is 0.245 e. The van der Waals surface area contributed by atoms with Crippen LogP contribution >= 0.6 is 0 Å². The van der Waals surface area contributed by atoms with Crippen molar-refractivity contribution >= 4 is 5.95 Å². The van der Waals surface area contributed by atoms with Crippen molar-refractivity contribution < 1.29 is 14.2 Å². The summed E-state index contributed by atoms with van der Waals surface area (Å²) in [4.78, 5) is 6.68. The number of aryl methyl sites for hydroxylation is 1. The van der Waals surface area contributed by atoms with E-state index in [-0.39, 0.29) is 23.4 Å². The Kier molecular flexibility index (Phi) is 5.56. The standard InChI is InChI=1S/C27H32FN7O2/c1-15-23(37-4)12-19(31-30-15)16-5-8-18(22(36)11-16)20-14-29-25(33-32-20)35(17-6-7-17)21-13-26(2)9-10-27(3,34-26)24(21)28/h5,8,11-12,14,17,21,24,34,36H,6-7,9-10,13H2,1-4H3/t21-,24-,26-,27+/m1/s1. The SMILES string of the molecule is COc1cc(-c2ccc(-c3cnc(N(C4CC4)[C@@H]4C[C@@]5(C)CC[C@](C)(N5)[C@@H]4F)nn3)c(O)c2)nnc1C. The van der Waals surface area contributed by atoms with Crippen LogP contribution in [0.2, 0.25) is 0 Å². The predicted octanol–water partition coefficient (Wildman–Crippen LogP) is 4.00. The molecule has 9 nitrogen and oxygen atoms in total. The lowest BCUT2D eigenvalue weighted by Gasteiger charge is -2.48. The van der Waals surface area contributed by atoms with Crippen molar-refractivity contribution in [2.45, 2.75) is 82.2 Å². The van der Waals surface area contributed by atoms with Gasteiger partial charge < -0.3 is 20.1 Å². The summed E-state index contributed by atoms with van der Waals surface area (Å²) in [5.74, 6) is 1.10. The molecule has 4 heterocycles. The first kappa shape index (κ1) is 24.0. The molecule has 6 rings (SSSR count). The molecule has 194 valence electrons. The molecule has 2 N–H and O–H groups in total. The number of methoxy groups -OCH3 is 1. The number of anilines is 1. The van der Waals surface area contributed by atoms with Gasteiger partial charge in [-0.25, -0.2) is 9.37 Å². The molecule has 2 aromatic heterocycles. The molecule has 3 aromatic rings. The topological polar surface area (TPSA) is 109 Å². The van der Waals surface area contributed by atoms with Crippen molar-refractivity contribution in [3.05, 3.63) is 36.2 Å². The minimum atomic E-state index is -1.02. The molecule has 1 aliphatic carbocycles. The maximum atomic E-state index is 15.8. The van der Waals surface area contributed by atoms with Crippen molar-refractivity contribution in [3.8, 4) is 34.0 Å². The molecule has 0 radical (unpaired) electrons. The molecule has 2 bridgehead atoms. The van der Waals surface area contributed by atoms with E-state index in [1.165, 1.54) is 0 Å². The van der Waals surface area contributed by atoms with Crippen LogP contribution in [0.5, 0.6) is 11.5 Å². The number of nitrogens with one attached hydrogen (secondary N) is 1. The van der Waals surface area contributed by atoms with Gasteiger partial charge in [-0.15, -0.1) is 15.3 Å². The van der Waals surface area contributed by atoms with E-state index in [9.17, 15) is 5.11 Å². The largest absolute Gasteiger partial charge is 0.507 e. The number of halogens is 1. The van der Waals surface area contributed by atoms with Crippen LogP contribution in [0, 0.1) is 6.92 Å². The molecule has 2 saturated heterocycles. The number of fused-ring (bicyclic) bond motifs is 2. The Bertz CT molecular complexity index is 1330. The highest BCUT2D eigenvalue weighted by atomic mass is 19.1. The molecule has 10 heteroatoms. The number of hydrogen-bond donors (Lipinski definition) is 2.